The van der Waals surface area contributed by atoms with Gasteiger partial charge in [0.05, 0.1) is 26.0 Å². The van der Waals surface area contributed by atoms with Gasteiger partial charge >= 0.3 is 5.97 Å². The molecule has 0 fully saturated rings. The average molecular weight is 413 g/mol. The molecule has 0 spiro atoms. The molecule has 7 nitrogen and oxygen atoms in total. The van der Waals surface area contributed by atoms with Crippen molar-refractivity contribution in [2.75, 3.05) is 19.1 Å². The zero-order valence-corrected chi connectivity index (χ0v) is 16.3. The van der Waals surface area contributed by atoms with Crippen LogP contribution in [-0.2, 0) is 9.53 Å². The number of methoxy groups -OCH3 is 2. The molecular weight excluding hydrogens is 396 g/mol. The van der Waals surface area contributed by atoms with Crippen molar-refractivity contribution in [1.29, 1.82) is 0 Å². The second kappa shape index (κ2) is 8.67. The first-order valence-corrected chi connectivity index (χ1v) is 8.71. The van der Waals surface area contributed by atoms with Gasteiger partial charge in [0.1, 0.15) is 23.0 Å². The van der Waals surface area contributed by atoms with Gasteiger partial charge in [0.15, 0.2) is 5.94 Å². The van der Waals surface area contributed by atoms with Crippen LogP contribution < -0.4 is 9.64 Å². The first kappa shape index (κ1) is 20.9. The third-order valence-electron chi connectivity index (χ3n) is 4.38. The van der Waals surface area contributed by atoms with Gasteiger partial charge < -0.3 is 9.47 Å². The fourth-order valence-corrected chi connectivity index (χ4v) is 2.91. The van der Waals surface area contributed by atoms with Crippen molar-refractivity contribution in [2.24, 2.45) is 0 Å². The number of anilines is 1. The number of aromatic nitrogens is 2. The number of rotatable bonds is 5. The quantitative estimate of drug-likeness (QED) is 0.544. The molecular formula is C21H17F2N3O4. The molecule has 154 valence electrons. The van der Waals surface area contributed by atoms with Crippen LogP contribution in [0.15, 0.2) is 54.1 Å². The van der Waals surface area contributed by atoms with Crippen LogP contribution in [0.5, 0.6) is 5.75 Å². The van der Waals surface area contributed by atoms with Crippen LogP contribution in [0.4, 0.5) is 14.6 Å². The maximum Gasteiger partial charge on any atom is 0.340 e. The minimum Gasteiger partial charge on any atom is -0.494 e. The Balaban J connectivity index is 2.24. The highest BCUT2D eigenvalue weighted by Gasteiger charge is 2.23. The highest BCUT2D eigenvalue weighted by Crippen LogP contribution is 2.37. The Morgan fingerprint density at radius 1 is 1.17 bits per heavy atom. The topological polar surface area (TPSA) is 81.6 Å². The second-order valence-corrected chi connectivity index (χ2v) is 6.25. The number of carbonyl (C=O) groups is 1. The van der Waals surface area contributed by atoms with E-state index in [-0.39, 0.29) is 34.0 Å². The molecule has 0 atom stereocenters. The third kappa shape index (κ3) is 3.97. The zero-order chi connectivity index (χ0) is 21.8. The van der Waals surface area contributed by atoms with Gasteiger partial charge in [0.25, 0.3) is 6.43 Å². The molecule has 9 heteroatoms. The largest absolute Gasteiger partial charge is 0.494 e. The molecule has 0 bridgehead atoms. The molecule has 1 aliphatic rings. The summed E-state index contributed by atoms with van der Waals surface area (Å²) in [6, 6.07) is 2.62. The Labute approximate surface area is 171 Å². The average Bonchev–Trinajstić information content (AvgIpc) is 2.77. The van der Waals surface area contributed by atoms with Crippen LogP contribution >= 0.6 is 0 Å². The number of hydrogen-bond acceptors (Lipinski definition) is 7. The Morgan fingerprint density at radius 2 is 1.93 bits per heavy atom. The number of hydrogen-bond donors (Lipinski definition) is 0. The van der Waals surface area contributed by atoms with Crippen LogP contribution in [0.25, 0.3) is 11.1 Å². The van der Waals surface area contributed by atoms with Crippen molar-refractivity contribution in [3.8, 4) is 16.9 Å². The van der Waals surface area contributed by atoms with Crippen LogP contribution in [0.2, 0.25) is 0 Å². The Morgan fingerprint density at radius 3 is 2.57 bits per heavy atom. The van der Waals surface area contributed by atoms with Crippen molar-refractivity contribution < 1.29 is 27.8 Å². The number of carbonyl (C=O) groups excluding carboxylic acids is 2. The van der Waals surface area contributed by atoms with Gasteiger partial charge in [-0.15, -0.1) is 0 Å². The maximum atomic E-state index is 13.3. The van der Waals surface area contributed by atoms with Crippen molar-refractivity contribution in [2.45, 2.75) is 13.3 Å². The lowest BCUT2D eigenvalue weighted by Crippen LogP contribution is -2.19. The smallest absolute Gasteiger partial charge is 0.340 e. The number of ether oxygens (including phenoxy) is 2. The summed E-state index contributed by atoms with van der Waals surface area (Å²) in [7, 11) is 2.55. The molecule has 0 N–H and O–H groups in total. The van der Waals surface area contributed by atoms with Gasteiger partial charge in [-0.25, -0.2) is 23.4 Å². The van der Waals surface area contributed by atoms with E-state index in [0.29, 0.717) is 0 Å². The number of halogens is 2. The van der Waals surface area contributed by atoms with Crippen LogP contribution in [0, 0.1) is 0 Å². The molecule has 0 saturated heterocycles. The van der Waals surface area contributed by atoms with E-state index in [4.69, 9.17) is 9.47 Å². The lowest BCUT2D eigenvalue weighted by molar-refractivity contribution is 0.0601. The molecule has 0 unspecified atom stereocenters. The summed E-state index contributed by atoms with van der Waals surface area (Å²) in [4.78, 5) is 33.1. The third-order valence-corrected chi connectivity index (χ3v) is 4.38. The normalized spacial score (nSPS) is 13.2. The van der Waals surface area contributed by atoms with Gasteiger partial charge in [0.2, 0.25) is 0 Å². The summed E-state index contributed by atoms with van der Waals surface area (Å²) >= 11 is 0. The maximum absolute atomic E-state index is 13.3. The Bertz CT molecular complexity index is 1110. The van der Waals surface area contributed by atoms with Crippen molar-refractivity contribution in [3.05, 3.63) is 65.4 Å². The fraction of sp³-hybridized carbons (Fsp3) is 0.190. The summed E-state index contributed by atoms with van der Waals surface area (Å²) in [5, 5.41) is 0. The molecule has 0 aliphatic carbocycles. The number of esters is 1. The first-order valence-electron chi connectivity index (χ1n) is 8.71. The van der Waals surface area contributed by atoms with Crippen molar-refractivity contribution in [3.63, 3.8) is 0 Å². The van der Waals surface area contributed by atoms with Gasteiger partial charge in [0, 0.05) is 23.5 Å². The highest BCUT2D eigenvalue weighted by atomic mass is 19.3. The Kier molecular flexibility index (Phi) is 6.03. The van der Waals surface area contributed by atoms with E-state index in [9.17, 15) is 18.4 Å². The van der Waals surface area contributed by atoms with E-state index >= 15 is 0 Å². The lowest BCUT2D eigenvalue weighted by atomic mass is 10.00. The van der Waals surface area contributed by atoms with Crippen LogP contribution in [-0.4, -0.2) is 36.1 Å². The van der Waals surface area contributed by atoms with Gasteiger partial charge in [-0.3, -0.25) is 9.88 Å². The monoisotopic (exact) mass is 413 g/mol. The van der Waals surface area contributed by atoms with Crippen molar-refractivity contribution in [1.82, 2.24) is 9.97 Å². The molecule has 1 aliphatic heterocycles. The molecule has 0 saturated carbocycles. The number of allylic oxidation sites excluding steroid dienone is 3. The summed E-state index contributed by atoms with van der Waals surface area (Å²) in [6.07, 6.45) is 4.58. The molecule has 0 aromatic carbocycles. The van der Waals surface area contributed by atoms with Gasteiger partial charge in [-0.1, -0.05) is 0 Å². The summed E-state index contributed by atoms with van der Waals surface area (Å²) < 4.78 is 36.6. The van der Waals surface area contributed by atoms with E-state index in [1.165, 1.54) is 31.4 Å². The SMILES string of the molecule is COC(=O)c1cnc(N2C=CC(C)=CC2=C=O)cc1-c1cc(C(F)F)ncc1OC. The molecule has 0 radical (unpaired) electrons. The summed E-state index contributed by atoms with van der Waals surface area (Å²) in [5.41, 5.74) is 1.04. The minimum absolute atomic E-state index is 0.0373. The van der Waals surface area contributed by atoms with Crippen molar-refractivity contribution >= 4 is 17.7 Å². The molecule has 0 amide bonds. The standard InChI is InChI=1S/C21H17F2N3O4/c1-12-4-5-26(13(6-12)11-27)19-8-14(16(9-25-19)21(28)30-3)15-7-17(20(22)23)24-10-18(15)29-2/h4-10,20H,1-3H3. The lowest BCUT2D eigenvalue weighted by Gasteiger charge is -2.23. The van der Waals surface area contributed by atoms with E-state index in [0.717, 1.165) is 17.8 Å². The number of alkyl halides is 2. The minimum atomic E-state index is -2.82. The van der Waals surface area contributed by atoms with E-state index < -0.39 is 18.1 Å². The zero-order valence-electron chi connectivity index (χ0n) is 16.3. The fourth-order valence-electron chi connectivity index (χ4n) is 2.91. The predicted octanol–water partition coefficient (Wildman–Crippen LogP) is 3.87. The number of pyridine rings is 2. The van der Waals surface area contributed by atoms with Gasteiger partial charge in [-0.05, 0) is 36.8 Å². The molecule has 30 heavy (non-hydrogen) atoms. The van der Waals surface area contributed by atoms with Crippen LogP contribution in [0.1, 0.15) is 29.4 Å². The second-order valence-electron chi connectivity index (χ2n) is 6.25. The number of nitrogens with zero attached hydrogens (tertiary/aromatic N) is 3. The summed E-state index contributed by atoms with van der Waals surface area (Å²) in [6.45, 7) is 1.82. The molecule has 2 aromatic heterocycles. The molecule has 2 aromatic rings. The highest BCUT2D eigenvalue weighted by molar-refractivity contribution is 5.98. The predicted molar refractivity (Wildman–Crippen MR) is 105 cm³/mol. The van der Waals surface area contributed by atoms with Gasteiger partial charge in [-0.2, -0.15) is 0 Å². The van der Waals surface area contributed by atoms with Crippen LogP contribution in [0.3, 0.4) is 0 Å². The first-order chi connectivity index (χ1) is 14.4. The van der Waals surface area contributed by atoms with E-state index in [2.05, 4.69) is 9.97 Å². The van der Waals surface area contributed by atoms with E-state index in [1.807, 2.05) is 12.9 Å². The van der Waals surface area contributed by atoms with E-state index in [1.54, 1.807) is 18.4 Å². The molecule has 3 heterocycles. The summed E-state index contributed by atoms with van der Waals surface area (Å²) in [5.74, 6) is 1.58. The Hall–Kier alpha value is -3.84. The molecule has 3 rings (SSSR count).